The molecule has 0 aliphatic carbocycles. The van der Waals surface area contributed by atoms with Crippen LogP contribution in [-0.4, -0.2) is 43.7 Å². The lowest BCUT2D eigenvalue weighted by atomic mass is 10.4. The molecule has 7 heteroatoms. The van der Waals surface area contributed by atoms with E-state index in [4.69, 9.17) is 9.47 Å². The van der Waals surface area contributed by atoms with Gasteiger partial charge in [0.1, 0.15) is 5.69 Å². The van der Waals surface area contributed by atoms with E-state index in [1.165, 1.54) is 5.38 Å². The van der Waals surface area contributed by atoms with E-state index in [1.807, 2.05) is 0 Å². The number of esters is 1. The molecule has 17 heavy (non-hydrogen) atoms. The zero-order valence-electron chi connectivity index (χ0n) is 9.69. The predicted octanol–water partition coefficient (Wildman–Crippen LogP) is 0.696. The standard InChI is InChI=1S/C10H14N2O4S/c1-3-16-10(14)9-12-7(6-17-9)8(13)11-4-5-15-2/h6H,3-5H2,1-2H3,(H,11,13). The lowest BCUT2D eigenvalue weighted by molar-refractivity contribution is 0.0526. The summed E-state index contributed by atoms with van der Waals surface area (Å²) in [5.41, 5.74) is 0.217. The van der Waals surface area contributed by atoms with Crippen molar-refractivity contribution < 1.29 is 19.1 Å². The molecule has 0 atom stereocenters. The molecule has 1 amide bonds. The molecular weight excluding hydrogens is 244 g/mol. The van der Waals surface area contributed by atoms with Crippen LogP contribution in [0.25, 0.3) is 0 Å². The number of ether oxygens (including phenoxy) is 2. The van der Waals surface area contributed by atoms with Crippen molar-refractivity contribution in [2.75, 3.05) is 26.9 Å². The summed E-state index contributed by atoms with van der Waals surface area (Å²) < 4.78 is 9.57. The van der Waals surface area contributed by atoms with Crippen LogP contribution in [0.5, 0.6) is 0 Å². The number of nitrogens with zero attached hydrogens (tertiary/aromatic N) is 1. The van der Waals surface area contributed by atoms with Gasteiger partial charge in [0.15, 0.2) is 0 Å². The van der Waals surface area contributed by atoms with Crippen molar-refractivity contribution in [1.29, 1.82) is 0 Å². The van der Waals surface area contributed by atoms with E-state index >= 15 is 0 Å². The topological polar surface area (TPSA) is 77.5 Å². The minimum atomic E-state index is -0.506. The van der Waals surface area contributed by atoms with Crippen molar-refractivity contribution in [3.63, 3.8) is 0 Å². The maximum atomic E-state index is 11.5. The second-order valence-electron chi connectivity index (χ2n) is 3.01. The fourth-order valence-corrected chi connectivity index (χ4v) is 1.71. The minimum Gasteiger partial charge on any atom is -0.461 e. The van der Waals surface area contributed by atoms with Crippen LogP contribution in [0, 0.1) is 0 Å². The molecule has 1 heterocycles. The molecule has 0 unspecified atom stereocenters. The fourth-order valence-electron chi connectivity index (χ4n) is 1.02. The third-order valence-corrected chi connectivity index (χ3v) is 2.60. The molecular formula is C10H14N2O4S. The second kappa shape index (κ2) is 6.97. The fraction of sp³-hybridized carbons (Fsp3) is 0.500. The number of methoxy groups -OCH3 is 1. The highest BCUT2D eigenvalue weighted by Crippen LogP contribution is 2.10. The smallest absolute Gasteiger partial charge is 0.367 e. The number of aromatic nitrogens is 1. The molecule has 1 aromatic rings. The van der Waals surface area contributed by atoms with Crippen molar-refractivity contribution in [2.24, 2.45) is 0 Å². The van der Waals surface area contributed by atoms with E-state index < -0.39 is 5.97 Å². The summed E-state index contributed by atoms with van der Waals surface area (Å²) in [5.74, 6) is -0.831. The molecule has 0 aliphatic rings. The van der Waals surface area contributed by atoms with Gasteiger partial charge in [-0.1, -0.05) is 0 Å². The van der Waals surface area contributed by atoms with Crippen LogP contribution in [0.3, 0.4) is 0 Å². The summed E-state index contributed by atoms with van der Waals surface area (Å²) in [7, 11) is 1.55. The Morgan fingerprint density at radius 1 is 1.53 bits per heavy atom. The number of thiazole rings is 1. The Labute approximate surface area is 103 Å². The average Bonchev–Trinajstić information content (AvgIpc) is 2.79. The molecule has 0 radical (unpaired) electrons. The Hall–Kier alpha value is -1.47. The number of rotatable bonds is 6. The second-order valence-corrected chi connectivity index (χ2v) is 3.87. The Bertz CT molecular complexity index is 391. The molecule has 6 nitrogen and oxygen atoms in total. The van der Waals surface area contributed by atoms with Crippen molar-refractivity contribution in [3.05, 3.63) is 16.1 Å². The number of amides is 1. The summed E-state index contributed by atoms with van der Waals surface area (Å²) >= 11 is 1.09. The van der Waals surface area contributed by atoms with Crippen LogP contribution in [-0.2, 0) is 9.47 Å². The van der Waals surface area contributed by atoms with Crippen molar-refractivity contribution in [2.45, 2.75) is 6.92 Å². The molecule has 94 valence electrons. The van der Waals surface area contributed by atoms with Gasteiger partial charge in [0.05, 0.1) is 13.2 Å². The Balaban J connectivity index is 2.55. The molecule has 0 bridgehead atoms. The van der Waals surface area contributed by atoms with E-state index in [9.17, 15) is 9.59 Å². The first-order valence-electron chi connectivity index (χ1n) is 5.08. The Morgan fingerprint density at radius 2 is 2.29 bits per heavy atom. The molecule has 0 saturated carbocycles. The van der Waals surface area contributed by atoms with E-state index in [2.05, 4.69) is 10.3 Å². The zero-order valence-corrected chi connectivity index (χ0v) is 10.5. The highest BCUT2D eigenvalue weighted by Gasteiger charge is 2.15. The lowest BCUT2D eigenvalue weighted by Gasteiger charge is -2.01. The first-order chi connectivity index (χ1) is 8.19. The molecule has 0 aliphatic heterocycles. The van der Waals surface area contributed by atoms with Gasteiger partial charge in [-0.05, 0) is 6.92 Å². The third kappa shape index (κ3) is 4.12. The first kappa shape index (κ1) is 13.6. The SMILES string of the molecule is CCOC(=O)c1nc(C(=O)NCCOC)cs1. The summed E-state index contributed by atoms with van der Waals surface area (Å²) in [4.78, 5) is 26.8. The third-order valence-electron chi connectivity index (χ3n) is 1.78. The van der Waals surface area contributed by atoms with E-state index in [0.29, 0.717) is 13.2 Å². The molecule has 0 aromatic carbocycles. The summed E-state index contributed by atoms with van der Waals surface area (Å²) in [6.45, 7) is 2.83. The number of nitrogens with one attached hydrogen (secondary N) is 1. The lowest BCUT2D eigenvalue weighted by Crippen LogP contribution is -2.27. The predicted molar refractivity (Wildman–Crippen MR) is 62.3 cm³/mol. The largest absolute Gasteiger partial charge is 0.461 e. The summed E-state index contributed by atoms with van der Waals surface area (Å²) in [5, 5.41) is 4.32. The quantitative estimate of drug-likeness (QED) is 0.600. The molecule has 1 rings (SSSR count). The van der Waals surface area contributed by atoms with Gasteiger partial charge in [-0.3, -0.25) is 4.79 Å². The Morgan fingerprint density at radius 3 is 2.94 bits per heavy atom. The van der Waals surface area contributed by atoms with Crippen LogP contribution >= 0.6 is 11.3 Å². The van der Waals surface area contributed by atoms with Crippen LogP contribution in [0.4, 0.5) is 0 Å². The van der Waals surface area contributed by atoms with Crippen LogP contribution in [0.2, 0.25) is 0 Å². The van der Waals surface area contributed by atoms with Gasteiger partial charge < -0.3 is 14.8 Å². The van der Waals surface area contributed by atoms with E-state index in [1.54, 1.807) is 14.0 Å². The summed E-state index contributed by atoms with van der Waals surface area (Å²) in [6, 6.07) is 0. The molecule has 1 N–H and O–H groups in total. The molecule has 0 saturated heterocycles. The highest BCUT2D eigenvalue weighted by atomic mass is 32.1. The number of carbonyl (C=O) groups is 2. The zero-order chi connectivity index (χ0) is 12.7. The van der Waals surface area contributed by atoms with Crippen LogP contribution in [0.15, 0.2) is 5.38 Å². The van der Waals surface area contributed by atoms with Gasteiger partial charge in [0.2, 0.25) is 5.01 Å². The Kier molecular flexibility index (Phi) is 5.58. The van der Waals surface area contributed by atoms with Crippen LogP contribution in [0.1, 0.15) is 27.2 Å². The summed E-state index contributed by atoms with van der Waals surface area (Å²) in [6.07, 6.45) is 0. The van der Waals surface area contributed by atoms with Gasteiger partial charge in [-0.15, -0.1) is 11.3 Å². The highest BCUT2D eigenvalue weighted by molar-refractivity contribution is 7.11. The maximum Gasteiger partial charge on any atom is 0.367 e. The molecule has 0 spiro atoms. The van der Waals surface area contributed by atoms with E-state index in [0.717, 1.165) is 11.3 Å². The minimum absolute atomic E-state index is 0.184. The van der Waals surface area contributed by atoms with Crippen molar-refractivity contribution >= 4 is 23.2 Å². The van der Waals surface area contributed by atoms with Crippen molar-refractivity contribution in [1.82, 2.24) is 10.3 Å². The van der Waals surface area contributed by atoms with Gasteiger partial charge in [0, 0.05) is 19.0 Å². The van der Waals surface area contributed by atoms with Gasteiger partial charge in [-0.25, -0.2) is 9.78 Å². The number of carbonyl (C=O) groups excluding carboxylic acids is 2. The van der Waals surface area contributed by atoms with Gasteiger partial charge in [-0.2, -0.15) is 0 Å². The number of hydrogen-bond acceptors (Lipinski definition) is 6. The van der Waals surface area contributed by atoms with Crippen molar-refractivity contribution in [3.8, 4) is 0 Å². The van der Waals surface area contributed by atoms with E-state index in [-0.39, 0.29) is 23.2 Å². The maximum absolute atomic E-state index is 11.5. The molecule has 1 aromatic heterocycles. The van der Waals surface area contributed by atoms with Gasteiger partial charge >= 0.3 is 5.97 Å². The normalized spacial score (nSPS) is 10.0. The average molecular weight is 258 g/mol. The monoisotopic (exact) mass is 258 g/mol. The first-order valence-corrected chi connectivity index (χ1v) is 5.96. The van der Waals surface area contributed by atoms with Gasteiger partial charge in [0.25, 0.3) is 5.91 Å². The van der Waals surface area contributed by atoms with Crippen LogP contribution < -0.4 is 5.32 Å². The number of hydrogen-bond donors (Lipinski definition) is 1. The molecule has 0 fully saturated rings.